The number of nitrogens with zero attached hydrogens (tertiary/aromatic N) is 1. The summed E-state index contributed by atoms with van der Waals surface area (Å²) in [7, 11) is 0. The van der Waals surface area contributed by atoms with Gasteiger partial charge in [0, 0.05) is 11.6 Å². The van der Waals surface area contributed by atoms with E-state index in [-0.39, 0.29) is 27.2 Å². The van der Waals surface area contributed by atoms with E-state index >= 15 is 0 Å². The zero-order valence-corrected chi connectivity index (χ0v) is 10.8. The van der Waals surface area contributed by atoms with E-state index in [2.05, 4.69) is 10.5 Å². The summed E-state index contributed by atoms with van der Waals surface area (Å²) < 4.78 is 4.87. The Labute approximate surface area is 113 Å². The monoisotopic (exact) mass is 285 g/mol. The second kappa shape index (κ2) is 4.88. The molecule has 1 aromatic carbocycles. The highest BCUT2D eigenvalue weighted by Crippen LogP contribution is 2.29. The van der Waals surface area contributed by atoms with Crippen LogP contribution in [-0.2, 0) is 0 Å². The number of nitrogens with one attached hydrogen (secondary N) is 1. The van der Waals surface area contributed by atoms with Crippen LogP contribution in [0, 0.1) is 6.92 Å². The van der Waals surface area contributed by atoms with Crippen LogP contribution in [0.2, 0.25) is 10.0 Å². The van der Waals surface area contributed by atoms with Crippen molar-refractivity contribution in [3.05, 3.63) is 39.5 Å². The first kappa shape index (κ1) is 12.7. The fourth-order valence-electron chi connectivity index (χ4n) is 1.32. The van der Waals surface area contributed by atoms with Crippen LogP contribution >= 0.6 is 23.2 Å². The van der Waals surface area contributed by atoms with Crippen molar-refractivity contribution in [1.29, 1.82) is 0 Å². The molecule has 5 nitrogen and oxygen atoms in total. The SMILES string of the molecule is Cc1cc(NC(=O)c2cc(Cl)c(N)c(Cl)c2)on1. The van der Waals surface area contributed by atoms with E-state index in [9.17, 15) is 4.79 Å². The quantitative estimate of drug-likeness (QED) is 0.831. The molecule has 0 spiro atoms. The number of anilines is 2. The second-order valence-corrected chi connectivity index (χ2v) is 4.45. The number of aromatic nitrogens is 1. The maximum atomic E-state index is 11.9. The summed E-state index contributed by atoms with van der Waals surface area (Å²) in [6.45, 7) is 1.75. The van der Waals surface area contributed by atoms with Crippen LogP contribution in [0.15, 0.2) is 22.7 Å². The molecule has 94 valence electrons. The Morgan fingerprint density at radius 1 is 1.33 bits per heavy atom. The number of nitrogen functional groups attached to an aromatic ring is 1. The number of hydrogen-bond donors (Lipinski definition) is 2. The number of rotatable bonds is 2. The molecule has 0 aliphatic heterocycles. The topological polar surface area (TPSA) is 81.2 Å². The van der Waals surface area contributed by atoms with Crippen LogP contribution in [0.5, 0.6) is 0 Å². The molecule has 0 atom stereocenters. The average molecular weight is 286 g/mol. The fourth-order valence-corrected chi connectivity index (χ4v) is 1.81. The lowest BCUT2D eigenvalue weighted by atomic mass is 10.2. The largest absolute Gasteiger partial charge is 0.396 e. The molecule has 1 aromatic heterocycles. The lowest BCUT2D eigenvalue weighted by Crippen LogP contribution is -2.11. The summed E-state index contributed by atoms with van der Waals surface area (Å²) in [5.41, 5.74) is 6.77. The summed E-state index contributed by atoms with van der Waals surface area (Å²) >= 11 is 11.7. The van der Waals surface area contributed by atoms with E-state index in [1.165, 1.54) is 12.1 Å². The molecule has 2 aromatic rings. The minimum atomic E-state index is -0.407. The van der Waals surface area contributed by atoms with E-state index < -0.39 is 5.91 Å². The van der Waals surface area contributed by atoms with Gasteiger partial charge in [0.15, 0.2) is 0 Å². The van der Waals surface area contributed by atoms with Crippen molar-refractivity contribution in [3.8, 4) is 0 Å². The molecular formula is C11H9Cl2N3O2. The number of benzene rings is 1. The third-order valence-corrected chi connectivity index (χ3v) is 2.83. The molecule has 0 fully saturated rings. The van der Waals surface area contributed by atoms with Crippen LogP contribution in [0.1, 0.15) is 16.1 Å². The summed E-state index contributed by atoms with van der Waals surface area (Å²) in [6, 6.07) is 4.46. The second-order valence-electron chi connectivity index (χ2n) is 3.64. The number of halogens is 2. The smallest absolute Gasteiger partial charge is 0.258 e. The molecule has 0 unspecified atom stereocenters. The van der Waals surface area contributed by atoms with Crippen molar-refractivity contribution < 1.29 is 9.32 Å². The molecule has 0 saturated heterocycles. The summed E-state index contributed by atoms with van der Waals surface area (Å²) in [4.78, 5) is 11.9. The first-order valence-corrected chi connectivity index (χ1v) is 5.72. The van der Waals surface area contributed by atoms with Crippen molar-refractivity contribution in [2.24, 2.45) is 0 Å². The summed E-state index contributed by atoms with van der Waals surface area (Å²) in [5.74, 6) is -0.156. The van der Waals surface area contributed by atoms with Gasteiger partial charge in [0.1, 0.15) is 0 Å². The highest BCUT2D eigenvalue weighted by Gasteiger charge is 2.13. The number of aryl methyl sites for hydroxylation is 1. The molecule has 7 heteroatoms. The molecule has 0 bridgehead atoms. The third kappa shape index (κ3) is 2.57. The summed E-state index contributed by atoms with van der Waals surface area (Å²) in [5, 5.41) is 6.62. The van der Waals surface area contributed by atoms with Crippen LogP contribution in [-0.4, -0.2) is 11.1 Å². The van der Waals surface area contributed by atoms with Crippen molar-refractivity contribution in [2.75, 3.05) is 11.1 Å². The van der Waals surface area contributed by atoms with Gasteiger partial charge in [-0.25, -0.2) is 0 Å². The van der Waals surface area contributed by atoms with Crippen LogP contribution in [0.25, 0.3) is 0 Å². The molecular weight excluding hydrogens is 277 g/mol. The molecule has 0 saturated carbocycles. The highest BCUT2D eigenvalue weighted by atomic mass is 35.5. The van der Waals surface area contributed by atoms with Gasteiger partial charge in [0.05, 0.1) is 21.4 Å². The zero-order valence-electron chi connectivity index (χ0n) is 9.33. The Balaban J connectivity index is 2.24. The van der Waals surface area contributed by atoms with E-state index in [1.54, 1.807) is 13.0 Å². The standard InChI is InChI=1S/C11H9Cl2N3O2/c1-5-2-9(18-16-5)15-11(17)6-3-7(12)10(14)8(13)4-6/h2-4H,14H2,1H3,(H,15,17). The third-order valence-electron chi connectivity index (χ3n) is 2.21. The van der Waals surface area contributed by atoms with Crippen LogP contribution < -0.4 is 11.1 Å². The van der Waals surface area contributed by atoms with Gasteiger partial charge in [0.2, 0.25) is 5.88 Å². The zero-order chi connectivity index (χ0) is 13.3. The molecule has 1 amide bonds. The molecule has 3 N–H and O–H groups in total. The molecule has 0 radical (unpaired) electrons. The van der Waals surface area contributed by atoms with Gasteiger partial charge in [0.25, 0.3) is 5.91 Å². The predicted octanol–water partition coefficient (Wildman–Crippen LogP) is 3.12. The van der Waals surface area contributed by atoms with E-state index in [1.807, 2.05) is 0 Å². The Morgan fingerprint density at radius 3 is 2.44 bits per heavy atom. The van der Waals surface area contributed by atoms with E-state index in [0.29, 0.717) is 5.69 Å². The minimum absolute atomic E-state index is 0.224. The molecule has 2 rings (SSSR count). The highest BCUT2D eigenvalue weighted by molar-refractivity contribution is 6.39. The average Bonchev–Trinajstić information content (AvgIpc) is 2.71. The maximum absolute atomic E-state index is 11.9. The Bertz CT molecular complexity index is 587. The fraction of sp³-hybridized carbons (Fsp3) is 0.0909. The van der Waals surface area contributed by atoms with Gasteiger partial charge in [-0.15, -0.1) is 0 Å². The first-order chi connectivity index (χ1) is 8.47. The van der Waals surface area contributed by atoms with Gasteiger partial charge >= 0.3 is 0 Å². The minimum Gasteiger partial charge on any atom is -0.396 e. The lowest BCUT2D eigenvalue weighted by molar-refractivity contribution is 0.102. The van der Waals surface area contributed by atoms with Gasteiger partial charge in [-0.2, -0.15) is 0 Å². The normalized spacial score (nSPS) is 10.4. The molecule has 0 aliphatic rings. The molecule has 0 aliphatic carbocycles. The number of carbonyl (C=O) groups is 1. The van der Waals surface area contributed by atoms with Crippen LogP contribution in [0.4, 0.5) is 11.6 Å². The first-order valence-electron chi connectivity index (χ1n) is 4.96. The number of hydrogen-bond acceptors (Lipinski definition) is 4. The van der Waals surface area contributed by atoms with Gasteiger partial charge in [-0.05, 0) is 19.1 Å². The van der Waals surface area contributed by atoms with E-state index in [4.69, 9.17) is 33.5 Å². The van der Waals surface area contributed by atoms with Crippen molar-refractivity contribution in [1.82, 2.24) is 5.16 Å². The Hall–Kier alpha value is -1.72. The van der Waals surface area contributed by atoms with Crippen molar-refractivity contribution in [3.63, 3.8) is 0 Å². The summed E-state index contributed by atoms with van der Waals surface area (Å²) in [6.07, 6.45) is 0. The Kier molecular flexibility index (Phi) is 3.45. The number of nitrogens with two attached hydrogens (primary N) is 1. The Morgan fingerprint density at radius 2 is 1.94 bits per heavy atom. The number of carbonyl (C=O) groups excluding carboxylic acids is 1. The van der Waals surface area contributed by atoms with Crippen molar-refractivity contribution in [2.45, 2.75) is 6.92 Å². The van der Waals surface area contributed by atoms with Gasteiger partial charge in [-0.3, -0.25) is 10.1 Å². The maximum Gasteiger partial charge on any atom is 0.258 e. The van der Waals surface area contributed by atoms with Crippen molar-refractivity contribution >= 4 is 40.7 Å². The molecule has 18 heavy (non-hydrogen) atoms. The van der Waals surface area contributed by atoms with E-state index in [0.717, 1.165) is 0 Å². The molecule has 1 heterocycles. The van der Waals surface area contributed by atoms with Gasteiger partial charge < -0.3 is 10.3 Å². The lowest BCUT2D eigenvalue weighted by Gasteiger charge is -2.05. The van der Waals surface area contributed by atoms with Gasteiger partial charge in [-0.1, -0.05) is 28.4 Å². The van der Waals surface area contributed by atoms with Crippen LogP contribution in [0.3, 0.4) is 0 Å². The number of amides is 1. The predicted molar refractivity (Wildman–Crippen MR) is 70.1 cm³/mol.